The normalized spacial score (nSPS) is 10.3. The lowest BCUT2D eigenvalue weighted by atomic mass is 10.2. The fourth-order valence-corrected chi connectivity index (χ4v) is 2.76. The molecule has 3 aromatic rings. The molecule has 1 heterocycles. The van der Waals surface area contributed by atoms with Gasteiger partial charge in [-0.3, -0.25) is 15.6 Å². The molecule has 0 bridgehead atoms. The first kappa shape index (κ1) is 18.7. The standard InChI is InChI=1S/C19H18BrN5O2/c1-2-12-7-9-13(10-8-12)27-19-16(21)17(22-11-23-19)24-25-18(26)14-5-3-4-6-15(14)20/h3-11H,2,21H2,1H3,(H,25,26)(H,22,23,24). The van der Waals surface area contributed by atoms with Gasteiger partial charge in [0.2, 0.25) is 5.88 Å². The van der Waals surface area contributed by atoms with Crippen molar-refractivity contribution >= 4 is 33.3 Å². The third kappa shape index (κ3) is 4.53. The average Bonchev–Trinajstić information content (AvgIpc) is 2.69. The quantitative estimate of drug-likeness (QED) is 0.515. The van der Waals surface area contributed by atoms with Crippen LogP contribution in [0.4, 0.5) is 11.5 Å². The van der Waals surface area contributed by atoms with Crippen molar-refractivity contribution in [2.75, 3.05) is 11.2 Å². The van der Waals surface area contributed by atoms with Gasteiger partial charge >= 0.3 is 0 Å². The van der Waals surface area contributed by atoms with Gasteiger partial charge < -0.3 is 10.5 Å². The van der Waals surface area contributed by atoms with E-state index in [1.165, 1.54) is 11.9 Å². The molecule has 27 heavy (non-hydrogen) atoms. The van der Waals surface area contributed by atoms with Crippen molar-refractivity contribution in [1.82, 2.24) is 15.4 Å². The predicted molar refractivity (Wildman–Crippen MR) is 108 cm³/mol. The molecule has 0 fully saturated rings. The van der Waals surface area contributed by atoms with Crippen molar-refractivity contribution in [3.05, 3.63) is 70.5 Å². The number of ether oxygens (including phenoxy) is 1. The number of benzene rings is 2. The van der Waals surface area contributed by atoms with Gasteiger partial charge in [-0.2, -0.15) is 4.98 Å². The van der Waals surface area contributed by atoms with Gasteiger partial charge in [-0.05, 0) is 52.2 Å². The van der Waals surface area contributed by atoms with Crippen LogP contribution in [0.3, 0.4) is 0 Å². The molecule has 4 N–H and O–H groups in total. The van der Waals surface area contributed by atoms with E-state index in [0.717, 1.165) is 6.42 Å². The van der Waals surface area contributed by atoms with Crippen LogP contribution in [0.25, 0.3) is 0 Å². The van der Waals surface area contributed by atoms with Crippen LogP contribution in [0.15, 0.2) is 59.3 Å². The van der Waals surface area contributed by atoms with Crippen molar-refractivity contribution in [3.8, 4) is 11.6 Å². The Balaban J connectivity index is 1.71. The van der Waals surface area contributed by atoms with Crippen molar-refractivity contribution in [1.29, 1.82) is 0 Å². The number of anilines is 2. The van der Waals surface area contributed by atoms with Crippen LogP contribution in [0.1, 0.15) is 22.8 Å². The number of nitrogens with two attached hydrogens (primary N) is 1. The molecule has 0 radical (unpaired) electrons. The Labute approximate surface area is 165 Å². The first-order valence-electron chi connectivity index (χ1n) is 8.26. The lowest BCUT2D eigenvalue weighted by Gasteiger charge is -2.13. The van der Waals surface area contributed by atoms with Gasteiger partial charge in [0.15, 0.2) is 5.82 Å². The first-order chi connectivity index (χ1) is 13.1. The Bertz CT molecular complexity index is 947. The Morgan fingerprint density at radius 3 is 2.59 bits per heavy atom. The molecule has 138 valence electrons. The van der Waals surface area contributed by atoms with Crippen molar-refractivity contribution in [2.45, 2.75) is 13.3 Å². The summed E-state index contributed by atoms with van der Waals surface area (Å²) in [4.78, 5) is 20.4. The molecular formula is C19H18BrN5O2. The molecule has 0 saturated carbocycles. The Hall–Kier alpha value is -3.13. The number of nitrogens with one attached hydrogen (secondary N) is 2. The second kappa shape index (κ2) is 8.50. The lowest BCUT2D eigenvalue weighted by molar-refractivity contribution is 0.0961. The highest BCUT2D eigenvalue weighted by atomic mass is 79.9. The number of aryl methyl sites for hydroxylation is 1. The van der Waals surface area contributed by atoms with Crippen molar-refractivity contribution in [2.24, 2.45) is 0 Å². The summed E-state index contributed by atoms with van der Waals surface area (Å²) in [5.41, 5.74) is 13.2. The van der Waals surface area contributed by atoms with Crippen LogP contribution in [0.2, 0.25) is 0 Å². The van der Waals surface area contributed by atoms with E-state index >= 15 is 0 Å². The highest BCUT2D eigenvalue weighted by Gasteiger charge is 2.13. The fourth-order valence-electron chi connectivity index (χ4n) is 2.29. The monoisotopic (exact) mass is 427 g/mol. The molecule has 7 nitrogen and oxygen atoms in total. The van der Waals surface area contributed by atoms with E-state index in [1.807, 2.05) is 30.3 Å². The van der Waals surface area contributed by atoms with Crippen LogP contribution >= 0.6 is 15.9 Å². The second-order valence-electron chi connectivity index (χ2n) is 5.60. The van der Waals surface area contributed by atoms with Crippen molar-refractivity contribution in [3.63, 3.8) is 0 Å². The van der Waals surface area contributed by atoms with E-state index in [9.17, 15) is 4.79 Å². The fraction of sp³-hybridized carbons (Fsp3) is 0.105. The summed E-state index contributed by atoms with van der Waals surface area (Å²) >= 11 is 3.34. The number of hydrogen-bond donors (Lipinski definition) is 3. The van der Waals surface area contributed by atoms with Gasteiger partial charge in [-0.25, -0.2) is 4.98 Å². The number of nitrogens with zero attached hydrogens (tertiary/aromatic N) is 2. The molecular weight excluding hydrogens is 410 g/mol. The first-order valence-corrected chi connectivity index (χ1v) is 9.06. The maximum Gasteiger partial charge on any atom is 0.270 e. The smallest absolute Gasteiger partial charge is 0.270 e. The Morgan fingerprint density at radius 1 is 1.15 bits per heavy atom. The third-order valence-electron chi connectivity index (χ3n) is 3.81. The van der Waals surface area contributed by atoms with E-state index in [1.54, 1.807) is 18.2 Å². The van der Waals surface area contributed by atoms with Gasteiger partial charge in [0.05, 0.1) is 5.56 Å². The number of halogens is 1. The molecule has 2 aromatic carbocycles. The van der Waals surface area contributed by atoms with Crippen LogP contribution in [-0.4, -0.2) is 15.9 Å². The second-order valence-corrected chi connectivity index (χ2v) is 6.45. The van der Waals surface area contributed by atoms with Gasteiger partial charge in [0.25, 0.3) is 5.91 Å². The van der Waals surface area contributed by atoms with Crippen LogP contribution in [-0.2, 0) is 6.42 Å². The molecule has 1 aromatic heterocycles. The molecule has 0 saturated heterocycles. The predicted octanol–water partition coefficient (Wildman–Crippen LogP) is 3.93. The summed E-state index contributed by atoms with van der Waals surface area (Å²) in [5.74, 6) is 0.719. The van der Waals surface area contributed by atoms with Crippen LogP contribution in [0.5, 0.6) is 11.6 Å². The summed E-state index contributed by atoms with van der Waals surface area (Å²) in [6, 6.07) is 14.7. The maximum atomic E-state index is 12.3. The summed E-state index contributed by atoms with van der Waals surface area (Å²) < 4.78 is 6.40. The van der Waals surface area contributed by atoms with Crippen LogP contribution < -0.4 is 21.3 Å². The minimum Gasteiger partial charge on any atom is -0.437 e. The van der Waals surface area contributed by atoms with Gasteiger partial charge in [0.1, 0.15) is 17.8 Å². The zero-order valence-electron chi connectivity index (χ0n) is 14.6. The molecule has 0 aliphatic carbocycles. The number of carbonyl (C=O) groups is 1. The number of amides is 1. The van der Waals surface area contributed by atoms with E-state index in [2.05, 4.69) is 43.7 Å². The number of hydrazine groups is 1. The summed E-state index contributed by atoms with van der Waals surface area (Å²) in [7, 11) is 0. The van der Waals surface area contributed by atoms with Gasteiger partial charge in [-0.15, -0.1) is 0 Å². The highest BCUT2D eigenvalue weighted by molar-refractivity contribution is 9.10. The van der Waals surface area contributed by atoms with E-state index in [0.29, 0.717) is 15.8 Å². The molecule has 3 rings (SSSR count). The third-order valence-corrected chi connectivity index (χ3v) is 4.50. The minimum absolute atomic E-state index is 0.185. The molecule has 1 amide bonds. The molecule has 8 heteroatoms. The Kier molecular flexibility index (Phi) is 5.87. The average molecular weight is 428 g/mol. The van der Waals surface area contributed by atoms with Gasteiger partial charge in [0, 0.05) is 4.47 Å². The zero-order chi connectivity index (χ0) is 19.2. The molecule has 0 aliphatic heterocycles. The molecule has 0 spiro atoms. The molecule has 0 atom stereocenters. The van der Waals surface area contributed by atoms with E-state index in [-0.39, 0.29) is 23.3 Å². The largest absolute Gasteiger partial charge is 0.437 e. The number of carbonyl (C=O) groups excluding carboxylic acids is 1. The molecule has 0 aliphatic rings. The molecule has 0 unspecified atom stereocenters. The van der Waals surface area contributed by atoms with E-state index in [4.69, 9.17) is 10.5 Å². The van der Waals surface area contributed by atoms with E-state index < -0.39 is 0 Å². The summed E-state index contributed by atoms with van der Waals surface area (Å²) in [6.45, 7) is 2.08. The summed E-state index contributed by atoms with van der Waals surface area (Å²) in [5, 5.41) is 0. The SMILES string of the molecule is CCc1ccc(Oc2ncnc(NNC(=O)c3ccccc3Br)c2N)cc1. The highest BCUT2D eigenvalue weighted by Crippen LogP contribution is 2.29. The van der Waals surface area contributed by atoms with Crippen LogP contribution in [0, 0.1) is 0 Å². The number of aromatic nitrogens is 2. The number of rotatable bonds is 6. The minimum atomic E-state index is -0.335. The summed E-state index contributed by atoms with van der Waals surface area (Å²) in [6.07, 6.45) is 2.25. The topological polar surface area (TPSA) is 102 Å². The zero-order valence-corrected chi connectivity index (χ0v) is 16.2. The lowest BCUT2D eigenvalue weighted by Crippen LogP contribution is -2.30. The Morgan fingerprint density at radius 2 is 1.89 bits per heavy atom. The van der Waals surface area contributed by atoms with Crippen molar-refractivity contribution < 1.29 is 9.53 Å². The van der Waals surface area contributed by atoms with Gasteiger partial charge in [-0.1, -0.05) is 31.2 Å². The maximum absolute atomic E-state index is 12.3. The number of nitrogen functional groups attached to an aromatic ring is 1. The number of hydrogen-bond acceptors (Lipinski definition) is 6.